The van der Waals surface area contributed by atoms with Crippen molar-refractivity contribution in [2.24, 2.45) is 0 Å². The molecule has 0 saturated carbocycles. The standard InChI is InChI=1S/C26H25N3O2/c1-16-5-10-22-23(26(30)28-18(3)19-6-8-21(31-4)9-7-19)15-24(29-25(22)17(16)2)20-11-13-27-14-12-20/h5-15,18H,1-4H3,(H,28,30)/t18-/m1/s1. The molecule has 0 spiro atoms. The molecule has 0 radical (unpaired) electrons. The fourth-order valence-electron chi connectivity index (χ4n) is 3.64. The van der Waals surface area contributed by atoms with Crippen LogP contribution in [0.4, 0.5) is 0 Å². The monoisotopic (exact) mass is 411 g/mol. The van der Waals surface area contributed by atoms with Gasteiger partial charge in [-0.25, -0.2) is 4.98 Å². The van der Waals surface area contributed by atoms with E-state index in [2.05, 4.69) is 17.2 Å². The highest BCUT2D eigenvalue weighted by molar-refractivity contribution is 6.08. The maximum Gasteiger partial charge on any atom is 0.252 e. The number of carbonyl (C=O) groups is 1. The predicted octanol–water partition coefficient (Wildman–Crippen LogP) is 5.41. The van der Waals surface area contributed by atoms with E-state index >= 15 is 0 Å². The highest BCUT2D eigenvalue weighted by Gasteiger charge is 2.18. The molecule has 1 amide bonds. The maximum atomic E-state index is 13.4. The minimum Gasteiger partial charge on any atom is -0.497 e. The lowest BCUT2D eigenvalue weighted by molar-refractivity contribution is 0.0941. The van der Waals surface area contributed by atoms with Gasteiger partial charge in [-0.05, 0) is 67.8 Å². The zero-order valence-electron chi connectivity index (χ0n) is 18.1. The molecule has 4 rings (SSSR count). The average Bonchev–Trinajstić information content (AvgIpc) is 2.81. The summed E-state index contributed by atoms with van der Waals surface area (Å²) in [5.74, 6) is 0.657. The number of rotatable bonds is 5. The number of amides is 1. The van der Waals surface area contributed by atoms with Gasteiger partial charge >= 0.3 is 0 Å². The minimum absolute atomic E-state index is 0.130. The second kappa shape index (κ2) is 8.56. The first-order valence-electron chi connectivity index (χ1n) is 10.2. The lowest BCUT2D eigenvalue weighted by Crippen LogP contribution is -2.27. The van der Waals surface area contributed by atoms with Gasteiger partial charge in [-0.15, -0.1) is 0 Å². The first kappa shape index (κ1) is 20.5. The number of nitrogens with one attached hydrogen (secondary N) is 1. The molecule has 0 bridgehead atoms. The zero-order valence-corrected chi connectivity index (χ0v) is 18.1. The molecule has 5 nitrogen and oxygen atoms in total. The fraction of sp³-hybridized carbons (Fsp3) is 0.192. The normalized spacial score (nSPS) is 11.9. The Kier molecular flexibility index (Phi) is 5.67. The van der Waals surface area contributed by atoms with Gasteiger partial charge in [-0.1, -0.05) is 24.3 Å². The van der Waals surface area contributed by atoms with Crippen LogP contribution < -0.4 is 10.1 Å². The SMILES string of the molecule is COc1ccc([C@@H](C)NC(=O)c2cc(-c3ccncc3)nc3c(C)c(C)ccc23)cc1. The summed E-state index contributed by atoms with van der Waals surface area (Å²) in [6.45, 7) is 6.08. The van der Waals surface area contributed by atoms with Crippen LogP contribution in [-0.4, -0.2) is 23.0 Å². The van der Waals surface area contributed by atoms with E-state index in [-0.39, 0.29) is 11.9 Å². The van der Waals surface area contributed by atoms with Gasteiger partial charge in [-0.3, -0.25) is 9.78 Å². The summed E-state index contributed by atoms with van der Waals surface area (Å²) in [6, 6.07) is 17.3. The van der Waals surface area contributed by atoms with Gasteiger partial charge in [-0.2, -0.15) is 0 Å². The van der Waals surface area contributed by atoms with Crippen LogP contribution >= 0.6 is 0 Å². The molecule has 0 aliphatic carbocycles. The molecule has 0 unspecified atom stereocenters. The number of nitrogens with zero attached hydrogens (tertiary/aromatic N) is 2. The van der Waals surface area contributed by atoms with E-state index in [1.54, 1.807) is 19.5 Å². The van der Waals surface area contributed by atoms with E-state index in [9.17, 15) is 4.79 Å². The van der Waals surface area contributed by atoms with E-state index in [0.29, 0.717) is 5.56 Å². The quantitative estimate of drug-likeness (QED) is 0.477. The lowest BCUT2D eigenvalue weighted by Gasteiger charge is -2.17. The van der Waals surface area contributed by atoms with Crippen LogP contribution in [0.3, 0.4) is 0 Å². The van der Waals surface area contributed by atoms with Gasteiger partial charge in [0.15, 0.2) is 0 Å². The Hall–Kier alpha value is -3.73. The molecule has 156 valence electrons. The first-order valence-corrected chi connectivity index (χ1v) is 10.2. The molecule has 31 heavy (non-hydrogen) atoms. The minimum atomic E-state index is -0.155. The van der Waals surface area contributed by atoms with E-state index in [1.165, 1.54) is 0 Å². The number of pyridine rings is 2. The molecule has 2 aromatic carbocycles. The van der Waals surface area contributed by atoms with Crippen molar-refractivity contribution in [3.05, 3.63) is 89.2 Å². The Morgan fingerprint density at radius 3 is 2.39 bits per heavy atom. The Labute approximate surface area is 182 Å². The number of carbonyl (C=O) groups excluding carboxylic acids is 1. The molecule has 1 N–H and O–H groups in total. The van der Waals surface area contributed by atoms with Crippen molar-refractivity contribution < 1.29 is 9.53 Å². The van der Waals surface area contributed by atoms with Crippen molar-refractivity contribution in [2.75, 3.05) is 7.11 Å². The maximum absolute atomic E-state index is 13.4. The van der Waals surface area contributed by atoms with Crippen LogP contribution in [0, 0.1) is 13.8 Å². The molecule has 5 heteroatoms. The Morgan fingerprint density at radius 1 is 1.00 bits per heavy atom. The average molecular weight is 412 g/mol. The number of fused-ring (bicyclic) bond motifs is 1. The molecule has 4 aromatic rings. The zero-order chi connectivity index (χ0) is 22.0. The van der Waals surface area contributed by atoms with E-state index < -0.39 is 0 Å². The van der Waals surface area contributed by atoms with Crippen molar-refractivity contribution in [3.8, 4) is 17.0 Å². The van der Waals surface area contributed by atoms with Gasteiger partial charge < -0.3 is 10.1 Å². The van der Waals surface area contributed by atoms with Crippen LogP contribution in [-0.2, 0) is 0 Å². The van der Waals surface area contributed by atoms with Gasteiger partial charge in [0.2, 0.25) is 0 Å². The van der Waals surface area contributed by atoms with Crippen LogP contribution in [0.1, 0.15) is 40.0 Å². The summed E-state index contributed by atoms with van der Waals surface area (Å²) in [5.41, 5.74) is 6.36. The molecule has 0 aliphatic heterocycles. The molecule has 2 heterocycles. The number of aryl methyl sites for hydroxylation is 2. The molecule has 0 fully saturated rings. The molecule has 1 atom stereocenters. The highest BCUT2D eigenvalue weighted by Crippen LogP contribution is 2.28. The summed E-state index contributed by atoms with van der Waals surface area (Å²) in [7, 11) is 1.64. The summed E-state index contributed by atoms with van der Waals surface area (Å²) >= 11 is 0. The Balaban J connectivity index is 1.76. The largest absolute Gasteiger partial charge is 0.497 e. The number of aromatic nitrogens is 2. The molecule has 2 aromatic heterocycles. The van der Waals surface area contributed by atoms with E-state index in [4.69, 9.17) is 9.72 Å². The summed E-state index contributed by atoms with van der Waals surface area (Å²) in [6.07, 6.45) is 3.46. The summed E-state index contributed by atoms with van der Waals surface area (Å²) in [5, 5.41) is 3.98. The number of ether oxygens (including phenoxy) is 1. The molecular weight excluding hydrogens is 386 g/mol. The van der Waals surface area contributed by atoms with Crippen molar-refractivity contribution in [3.63, 3.8) is 0 Å². The highest BCUT2D eigenvalue weighted by atomic mass is 16.5. The summed E-state index contributed by atoms with van der Waals surface area (Å²) < 4.78 is 5.22. The van der Waals surface area contributed by atoms with Gasteiger partial charge in [0, 0.05) is 23.3 Å². The van der Waals surface area contributed by atoms with Crippen LogP contribution in [0.5, 0.6) is 5.75 Å². The van der Waals surface area contributed by atoms with Crippen LogP contribution in [0.25, 0.3) is 22.2 Å². The number of methoxy groups -OCH3 is 1. The van der Waals surface area contributed by atoms with Gasteiger partial charge in [0.1, 0.15) is 5.75 Å². The number of hydrogen-bond acceptors (Lipinski definition) is 4. The summed E-state index contributed by atoms with van der Waals surface area (Å²) in [4.78, 5) is 22.3. The predicted molar refractivity (Wildman–Crippen MR) is 123 cm³/mol. The fourth-order valence-corrected chi connectivity index (χ4v) is 3.64. The smallest absolute Gasteiger partial charge is 0.252 e. The topological polar surface area (TPSA) is 64.1 Å². The third-order valence-corrected chi connectivity index (χ3v) is 5.69. The lowest BCUT2D eigenvalue weighted by atomic mass is 9.98. The second-order valence-corrected chi connectivity index (χ2v) is 7.66. The van der Waals surface area contributed by atoms with Gasteiger partial charge in [0.25, 0.3) is 5.91 Å². The third-order valence-electron chi connectivity index (χ3n) is 5.69. The first-order chi connectivity index (χ1) is 15.0. The number of hydrogen-bond donors (Lipinski definition) is 1. The van der Waals surface area contributed by atoms with Crippen LogP contribution in [0.15, 0.2) is 67.0 Å². The molecule has 0 aliphatic rings. The third kappa shape index (κ3) is 4.12. The van der Waals surface area contributed by atoms with Crippen LogP contribution in [0.2, 0.25) is 0 Å². The van der Waals surface area contributed by atoms with Crippen molar-refractivity contribution in [1.82, 2.24) is 15.3 Å². The van der Waals surface area contributed by atoms with Crippen molar-refractivity contribution in [2.45, 2.75) is 26.8 Å². The second-order valence-electron chi connectivity index (χ2n) is 7.66. The van der Waals surface area contributed by atoms with Gasteiger partial charge in [0.05, 0.1) is 29.9 Å². The molecule has 0 saturated heterocycles. The van der Waals surface area contributed by atoms with E-state index in [1.807, 2.05) is 68.4 Å². The number of benzene rings is 2. The Bertz CT molecular complexity index is 1240. The van der Waals surface area contributed by atoms with Crippen molar-refractivity contribution >= 4 is 16.8 Å². The van der Waals surface area contributed by atoms with Crippen molar-refractivity contribution in [1.29, 1.82) is 0 Å². The molecular formula is C26H25N3O2. The van der Waals surface area contributed by atoms with E-state index in [0.717, 1.165) is 44.6 Å². The Morgan fingerprint density at radius 2 is 1.71 bits per heavy atom.